The SMILES string of the molecule is Cc1cc(NC(C)C2CCCO2)nc(NN)n1. The molecule has 94 valence electrons. The number of aromatic nitrogens is 2. The fourth-order valence-corrected chi connectivity index (χ4v) is 2.03. The molecule has 2 heterocycles. The van der Waals surface area contributed by atoms with Crippen LogP contribution >= 0.6 is 0 Å². The Bertz CT molecular complexity index is 378. The first-order chi connectivity index (χ1) is 8.19. The number of nitrogen functional groups attached to an aromatic ring is 1. The van der Waals surface area contributed by atoms with Crippen molar-refractivity contribution in [2.75, 3.05) is 17.3 Å². The molecule has 0 spiro atoms. The Kier molecular flexibility index (Phi) is 3.75. The lowest BCUT2D eigenvalue weighted by Crippen LogP contribution is -2.30. The second-order valence-electron chi connectivity index (χ2n) is 4.35. The van der Waals surface area contributed by atoms with Gasteiger partial charge in [-0.05, 0) is 26.7 Å². The highest BCUT2D eigenvalue weighted by Crippen LogP contribution is 2.19. The molecule has 17 heavy (non-hydrogen) atoms. The first-order valence-electron chi connectivity index (χ1n) is 5.89. The van der Waals surface area contributed by atoms with Gasteiger partial charge in [-0.3, -0.25) is 5.43 Å². The summed E-state index contributed by atoms with van der Waals surface area (Å²) in [4.78, 5) is 8.39. The molecule has 1 aromatic rings. The largest absolute Gasteiger partial charge is 0.376 e. The quantitative estimate of drug-likeness (QED) is 0.536. The molecule has 0 amide bonds. The van der Waals surface area contributed by atoms with Crippen LogP contribution in [-0.4, -0.2) is 28.7 Å². The van der Waals surface area contributed by atoms with Crippen LogP contribution in [0.5, 0.6) is 0 Å². The van der Waals surface area contributed by atoms with Gasteiger partial charge in [-0.1, -0.05) is 0 Å². The zero-order chi connectivity index (χ0) is 12.3. The predicted molar refractivity (Wildman–Crippen MR) is 66.6 cm³/mol. The monoisotopic (exact) mass is 237 g/mol. The van der Waals surface area contributed by atoms with E-state index in [1.165, 1.54) is 0 Å². The number of nitrogens with two attached hydrogens (primary N) is 1. The van der Waals surface area contributed by atoms with Gasteiger partial charge in [0.2, 0.25) is 5.95 Å². The highest BCUT2D eigenvalue weighted by Gasteiger charge is 2.22. The fraction of sp³-hybridized carbons (Fsp3) is 0.636. The summed E-state index contributed by atoms with van der Waals surface area (Å²) in [5.41, 5.74) is 3.33. The van der Waals surface area contributed by atoms with Crippen molar-refractivity contribution in [2.24, 2.45) is 5.84 Å². The first-order valence-corrected chi connectivity index (χ1v) is 5.89. The van der Waals surface area contributed by atoms with Crippen LogP contribution in [0, 0.1) is 6.92 Å². The minimum atomic E-state index is 0.234. The topological polar surface area (TPSA) is 85.1 Å². The molecule has 0 aromatic carbocycles. The molecule has 2 rings (SSSR count). The van der Waals surface area contributed by atoms with Gasteiger partial charge in [0, 0.05) is 18.4 Å². The van der Waals surface area contributed by atoms with Gasteiger partial charge in [0.05, 0.1) is 12.1 Å². The zero-order valence-corrected chi connectivity index (χ0v) is 10.2. The van der Waals surface area contributed by atoms with E-state index in [0.29, 0.717) is 5.95 Å². The Morgan fingerprint density at radius 3 is 3.00 bits per heavy atom. The van der Waals surface area contributed by atoms with Crippen molar-refractivity contribution in [3.8, 4) is 0 Å². The molecule has 2 unspecified atom stereocenters. The number of rotatable bonds is 4. The van der Waals surface area contributed by atoms with Crippen molar-refractivity contribution < 1.29 is 4.74 Å². The number of nitrogens with zero attached hydrogens (tertiary/aromatic N) is 2. The van der Waals surface area contributed by atoms with Crippen LogP contribution < -0.4 is 16.6 Å². The second-order valence-corrected chi connectivity index (χ2v) is 4.35. The molecule has 4 N–H and O–H groups in total. The third-order valence-corrected chi connectivity index (χ3v) is 2.88. The molecule has 0 saturated carbocycles. The van der Waals surface area contributed by atoms with Gasteiger partial charge in [-0.25, -0.2) is 10.8 Å². The van der Waals surface area contributed by atoms with Gasteiger partial charge in [0.1, 0.15) is 5.82 Å². The number of nitrogens with one attached hydrogen (secondary N) is 2. The van der Waals surface area contributed by atoms with Gasteiger partial charge in [-0.2, -0.15) is 4.98 Å². The standard InChI is InChI=1S/C11H19N5O/c1-7-6-10(15-11(13-7)16-12)14-8(2)9-4-3-5-17-9/h6,8-9H,3-5,12H2,1-2H3,(H2,13,14,15,16). The summed E-state index contributed by atoms with van der Waals surface area (Å²) >= 11 is 0. The minimum Gasteiger partial charge on any atom is -0.376 e. The lowest BCUT2D eigenvalue weighted by molar-refractivity contribution is 0.0995. The summed E-state index contributed by atoms with van der Waals surface area (Å²) in [7, 11) is 0. The van der Waals surface area contributed by atoms with Gasteiger partial charge < -0.3 is 10.1 Å². The van der Waals surface area contributed by atoms with E-state index in [1.54, 1.807) is 0 Å². The number of hydrogen-bond donors (Lipinski definition) is 3. The summed E-state index contributed by atoms with van der Waals surface area (Å²) in [6.45, 7) is 4.86. The first kappa shape index (κ1) is 12.1. The van der Waals surface area contributed by atoms with Crippen LogP contribution in [0.15, 0.2) is 6.07 Å². The lowest BCUT2D eigenvalue weighted by atomic mass is 10.1. The molecule has 1 aliphatic rings. The van der Waals surface area contributed by atoms with Crippen LogP contribution in [0.4, 0.5) is 11.8 Å². The molecule has 2 atom stereocenters. The smallest absolute Gasteiger partial charge is 0.239 e. The maximum Gasteiger partial charge on any atom is 0.239 e. The lowest BCUT2D eigenvalue weighted by Gasteiger charge is -2.20. The Labute approximate surface area is 101 Å². The van der Waals surface area contributed by atoms with Crippen LogP contribution in [0.2, 0.25) is 0 Å². The van der Waals surface area contributed by atoms with Crippen LogP contribution in [-0.2, 0) is 4.74 Å². The molecule has 1 aromatic heterocycles. The molecule has 0 aliphatic carbocycles. The second kappa shape index (κ2) is 5.29. The zero-order valence-electron chi connectivity index (χ0n) is 10.2. The molecule has 0 bridgehead atoms. The average molecular weight is 237 g/mol. The molecule has 1 fully saturated rings. The van der Waals surface area contributed by atoms with E-state index in [4.69, 9.17) is 10.6 Å². The molecule has 0 radical (unpaired) electrons. The molecule has 6 nitrogen and oxygen atoms in total. The average Bonchev–Trinajstić information content (AvgIpc) is 2.81. The van der Waals surface area contributed by atoms with E-state index in [2.05, 4.69) is 27.6 Å². The van der Waals surface area contributed by atoms with E-state index in [-0.39, 0.29) is 12.1 Å². The van der Waals surface area contributed by atoms with Crippen LogP contribution in [0.3, 0.4) is 0 Å². The Balaban J connectivity index is 2.04. The van der Waals surface area contributed by atoms with E-state index in [1.807, 2.05) is 13.0 Å². The van der Waals surface area contributed by atoms with E-state index in [9.17, 15) is 0 Å². The van der Waals surface area contributed by atoms with Gasteiger partial charge in [0.25, 0.3) is 0 Å². The number of hydrogen-bond acceptors (Lipinski definition) is 6. The number of anilines is 2. The van der Waals surface area contributed by atoms with Gasteiger partial charge in [0.15, 0.2) is 0 Å². The normalized spacial score (nSPS) is 21.2. The molecular formula is C11H19N5O. The van der Waals surface area contributed by atoms with Crippen LogP contribution in [0.25, 0.3) is 0 Å². The maximum atomic E-state index is 5.63. The summed E-state index contributed by atoms with van der Waals surface area (Å²) < 4.78 is 5.63. The van der Waals surface area contributed by atoms with Crippen molar-refractivity contribution in [2.45, 2.75) is 38.8 Å². The summed E-state index contributed by atoms with van der Waals surface area (Å²) in [6.07, 6.45) is 2.49. The highest BCUT2D eigenvalue weighted by molar-refractivity contribution is 5.42. The third kappa shape index (κ3) is 3.04. The Morgan fingerprint density at radius 2 is 2.35 bits per heavy atom. The summed E-state index contributed by atoms with van der Waals surface area (Å²) in [5, 5.41) is 3.33. The summed E-state index contributed by atoms with van der Waals surface area (Å²) in [5.74, 6) is 6.51. The van der Waals surface area contributed by atoms with Gasteiger partial charge in [-0.15, -0.1) is 0 Å². The minimum absolute atomic E-state index is 0.234. The van der Waals surface area contributed by atoms with E-state index < -0.39 is 0 Å². The number of hydrazine groups is 1. The fourth-order valence-electron chi connectivity index (χ4n) is 2.03. The Hall–Kier alpha value is -1.40. The van der Waals surface area contributed by atoms with Crippen molar-refractivity contribution >= 4 is 11.8 Å². The van der Waals surface area contributed by atoms with E-state index in [0.717, 1.165) is 31.0 Å². The van der Waals surface area contributed by atoms with Crippen molar-refractivity contribution in [3.05, 3.63) is 11.8 Å². The molecular weight excluding hydrogens is 218 g/mol. The highest BCUT2D eigenvalue weighted by atomic mass is 16.5. The van der Waals surface area contributed by atoms with Crippen LogP contribution in [0.1, 0.15) is 25.5 Å². The predicted octanol–water partition coefficient (Wildman–Crippen LogP) is 1.05. The van der Waals surface area contributed by atoms with Gasteiger partial charge >= 0.3 is 0 Å². The Morgan fingerprint density at radius 1 is 1.53 bits per heavy atom. The molecule has 6 heteroatoms. The third-order valence-electron chi connectivity index (χ3n) is 2.88. The maximum absolute atomic E-state index is 5.63. The molecule has 1 saturated heterocycles. The molecule has 1 aliphatic heterocycles. The van der Waals surface area contributed by atoms with Crippen molar-refractivity contribution in [1.29, 1.82) is 0 Å². The summed E-state index contributed by atoms with van der Waals surface area (Å²) in [6, 6.07) is 2.13. The number of ether oxygens (including phenoxy) is 1. The number of aryl methyl sites for hydroxylation is 1. The van der Waals surface area contributed by atoms with E-state index >= 15 is 0 Å². The van der Waals surface area contributed by atoms with Crippen molar-refractivity contribution in [1.82, 2.24) is 9.97 Å². The van der Waals surface area contributed by atoms with Crippen molar-refractivity contribution in [3.63, 3.8) is 0 Å².